The van der Waals surface area contributed by atoms with Crippen LogP contribution in [0.3, 0.4) is 0 Å². The van der Waals surface area contributed by atoms with Gasteiger partial charge in [-0.1, -0.05) is 18.6 Å². The van der Waals surface area contributed by atoms with Gasteiger partial charge in [-0.25, -0.2) is 4.98 Å². The monoisotopic (exact) mass is 486 g/mol. The van der Waals surface area contributed by atoms with E-state index in [0.717, 1.165) is 30.7 Å². The van der Waals surface area contributed by atoms with Crippen molar-refractivity contribution in [2.75, 3.05) is 18.9 Å². The average Bonchev–Trinajstić information content (AvgIpc) is 3.38. The van der Waals surface area contributed by atoms with Gasteiger partial charge in [-0.3, -0.25) is 4.79 Å². The van der Waals surface area contributed by atoms with Crippen molar-refractivity contribution in [3.8, 4) is 10.8 Å². The zero-order valence-corrected chi connectivity index (χ0v) is 20.2. The molecule has 2 aromatic heterocycles. The molecule has 4 rings (SSSR count). The summed E-state index contributed by atoms with van der Waals surface area (Å²) in [6.07, 6.45) is 3.66. The number of nitrogens with zero attached hydrogens (tertiary/aromatic N) is 3. The third kappa shape index (κ3) is 5.69. The van der Waals surface area contributed by atoms with Gasteiger partial charge in [0.05, 0.1) is 21.9 Å². The molecule has 33 heavy (non-hydrogen) atoms. The number of carbonyl (C=O) groups is 1. The molecule has 10 heteroatoms. The van der Waals surface area contributed by atoms with E-state index >= 15 is 0 Å². The molecule has 0 radical (unpaired) electrons. The fourth-order valence-corrected chi connectivity index (χ4v) is 5.41. The Balaban J connectivity index is 1.47. The van der Waals surface area contributed by atoms with Crippen molar-refractivity contribution in [3.63, 3.8) is 0 Å². The van der Waals surface area contributed by atoms with Crippen LogP contribution in [0, 0.1) is 6.92 Å². The van der Waals surface area contributed by atoms with Gasteiger partial charge in [-0.05, 0) is 49.4 Å². The number of sulfonamides is 1. The van der Waals surface area contributed by atoms with Gasteiger partial charge in [0.25, 0.3) is 10.0 Å². The Morgan fingerprint density at radius 1 is 1.24 bits per heavy atom. The number of amides is 1. The Morgan fingerprint density at radius 3 is 2.88 bits per heavy atom. The van der Waals surface area contributed by atoms with Gasteiger partial charge >= 0.3 is 0 Å². The molecule has 0 atom stereocenters. The van der Waals surface area contributed by atoms with Crippen molar-refractivity contribution in [1.29, 1.82) is 0 Å². The van der Waals surface area contributed by atoms with E-state index in [-0.39, 0.29) is 17.2 Å². The van der Waals surface area contributed by atoms with Crippen LogP contribution in [-0.2, 0) is 21.2 Å². The van der Waals surface area contributed by atoms with Crippen molar-refractivity contribution < 1.29 is 17.6 Å². The zero-order valence-electron chi connectivity index (χ0n) is 18.6. The van der Waals surface area contributed by atoms with Crippen LogP contribution in [0.5, 0.6) is 0 Å². The number of carbonyl (C=O) groups excluding carboxylic acids is 1. The van der Waals surface area contributed by atoms with E-state index in [0.29, 0.717) is 35.3 Å². The first-order chi connectivity index (χ1) is 15.8. The number of hydrogen-bond acceptors (Lipinski definition) is 6. The van der Waals surface area contributed by atoms with Crippen LogP contribution in [0.25, 0.3) is 10.8 Å². The lowest BCUT2D eigenvalue weighted by Gasteiger charge is -2.17. The summed E-state index contributed by atoms with van der Waals surface area (Å²) in [5, 5.41) is 4.69. The van der Waals surface area contributed by atoms with E-state index in [1.165, 1.54) is 23.5 Å². The lowest BCUT2D eigenvalue weighted by molar-refractivity contribution is -0.115. The standard InChI is InChI=1S/C23H26N4O4S2/c1-16-19(25-23(31-16)20-10-7-13-32-20)15-22(28)24-17-8-6-9-18(14-17)33(29,30)26-21-11-4-3-5-12-27(21)2/h6-10,13-14H,3-5,11-12,15H2,1-2H3,(H,24,28)/b26-21-. The topological polar surface area (TPSA) is 105 Å². The third-order valence-electron chi connectivity index (χ3n) is 5.43. The maximum atomic E-state index is 12.9. The number of thiophene rings is 1. The number of oxazole rings is 1. The number of amidine groups is 1. The lowest BCUT2D eigenvalue weighted by atomic mass is 10.2. The first-order valence-electron chi connectivity index (χ1n) is 10.8. The van der Waals surface area contributed by atoms with Crippen LogP contribution in [0.15, 0.2) is 55.5 Å². The summed E-state index contributed by atoms with van der Waals surface area (Å²) in [5.41, 5.74) is 0.928. The summed E-state index contributed by atoms with van der Waals surface area (Å²) in [7, 11) is -2.02. The first kappa shape index (κ1) is 23.2. The minimum Gasteiger partial charge on any atom is -0.440 e. The molecule has 1 N–H and O–H groups in total. The van der Waals surface area contributed by atoms with E-state index < -0.39 is 10.0 Å². The highest BCUT2D eigenvalue weighted by Gasteiger charge is 2.20. The van der Waals surface area contributed by atoms with E-state index in [1.807, 2.05) is 29.5 Å². The number of aryl methyl sites for hydroxylation is 1. The maximum absolute atomic E-state index is 12.9. The van der Waals surface area contributed by atoms with Crippen molar-refractivity contribution in [2.45, 2.75) is 43.9 Å². The van der Waals surface area contributed by atoms with Gasteiger partial charge in [-0.15, -0.1) is 15.7 Å². The molecular formula is C23H26N4O4S2. The van der Waals surface area contributed by atoms with Gasteiger partial charge in [0, 0.05) is 25.7 Å². The minimum absolute atomic E-state index is 0.0186. The molecule has 8 nitrogen and oxygen atoms in total. The highest BCUT2D eigenvalue weighted by Crippen LogP contribution is 2.26. The second-order valence-corrected chi connectivity index (χ2v) is 10.5. The van der Waals surface area contributed by atoms with Crippen molar-refractivity contribution >= 4 is 38.8 Å². The molecule has 0 unspecified atom stereocenters. The highest BCUT2D eigenvalue weighted by atomic mass is 32.2. The van der Waals surface area contributed by atoms with Gasteiger partial charge in [0.1, 0.15) is 11.6 Å². The Kier molecular flexibility index (Phi) is 6.94. The predicted molar refractivity (Wildman–Crippen MR) is 129 cm³/mol. The fraction of sp³-hybridized carbons (Fsp3) is 0.348. The first-order valence-corrected chi connectivity index (χ1v) is 13.1. The number of aromatic nitrogens is 1. The van der Waals surface area contributed by atoms with E-state index in [4.69, 9.17) is 4.42 Å². The summed E-state index contributed by atoms with van der Waals surface area (Å²) in [6, 6.07) is 9.97. The predicted octanol–water partition coefficient (Wildman–Crippen LogP) is 4.49. The quantitative estimate of drug-likeness (QED) is 0.551. The largest absolute Gasteiger partial charge is 0.440 e. The molecule has 174 valence electrons. The second-order valence-electron chi connectivity index (χ2n) is 7.97. The number of rotatable bonds is 6. The maximum Gasteiger partial charge on any atom is 0.284 e. The van der Waals surface area contributed by atoms with Crippen LogP contribution in [-0.4, -0.2) is 43.6 Å². The zero-order chi connectivity index (χ0) is 23.4. The van der Waals surface area contributed by atoms with E-state index in [9.17, 15) is 13.2 Å². The normalized spacial score (nSPS) is 16.1. The summed E-state index contributed by atoms with van der Waals surface area (Å²) in [4.78, 5) is 19.9. The number of nitrogens with one attached hydrogen (secondary N) is 1. The van der Waals surface area contributed by atoms with E-state index in [1.54, 1.807) is 19.1 Å². The molecule has 1 fully saturated rings. The summed E-state index contributed by atoms with van der Waals surface area (Å²) < 4.78 is 35.6. The van der Waals surface area contributed by atoms with Crippen LogP contribution >= 0.6 is 11.3 Å². The Hall–Kier alpha value is -2.98. The minimum atomic E-state index is -3.89. The van der Waals surface area contributed by atoms with E-state index in [2.05, 4.69) is 14.7 Å². The van der Waals surface area contributed by atoms with Gasteiger partial charge in [0.2, 0.25) is 11.8 Å². The molecular weight excluding hydrogens is 460 g/mol. The molecule has 0 saturated carbocycles. The molecule has 3 heterocycles. The molecule has 1 amide bonds. The number of benzene rings is 1. The van der Waals surface area contributed by atoms with Gasteiger partial charge in [-0.2, -0.15) is 8.42 Å². The van der Waals surface area contributed by atoms with Crippen molar-refractivity contribution in [3.05, 3.63) is 53.2 Å². The third-order valence-corrected chi connectivity index (χ3v) is 7.59. The molecule has 0 bridgehead atoms. The van der Waals surface area contributed by atoms with Crippen LogP contribution in [0.2, 0.25) is 0 Å². The van der Waals surface area contributed by atoms with Crippen LogP contribution in [0.1, 0.15) is 37.1 Å². The Morgan fingerprint density at radius 2 is 2.09 bits per heavy atom. The Bertz CT molecular complexity index is 1260. The molecule has 1 aliphatic heterocycles. The molecule has 3 aromatic rings. The molecule has 1 aliphatic rings. The van der Waals surface area contributed by atoms with Crippen molar-refractivity contribution in [1.82, 2.24) is 9.88 Å². The molecule has 1 saturated heterocycles. The average molecular weight is 487 g/mol. The Labute approximate surface area is 197 Å². The number of anilines is 1. The summed E-state index contributed by atoms with van der Waals surface area (Å²) >= 11 is 1.51. The fourth-order valence-electron chi connectivity index (χ4n) is 3.62. The molecule has 0 spiro atoms. The second kappa shape index (κ2) is 9.88. The summed E-state index contributed by atoms with van der Waals surface area (Å²) in [6.45, 7) is 2.56. The van der Waals surface area contributed by atoms with Gasteiger partial charge < -0.3 is 14.6 Å². The number of hydrogen-bond donors (Lipinski definition) is 1. The SMILES string of the molecule is Cc1oc(-c2cccs2)nc1CC(=O)Nc1cccc(S(=O)(=O)/N=C2/CCCCCN2C)c1. The lowest BCUT2D eigenvalue weighted by Crippen LogP contribution is -2.26. The van der Waals surface area contributed by atoms with Crippen LogP contribution < -0.4 is 5.32 Å². The molecule has 1 aromatic carbocycles. The summed E-state index contributed by atoms with van der Waals surface area (Å²) in [5.74, 6) is 1.33. The van der Waals surface area contributed by atoms with Crippen molar-refractivity contribution in [2.24, 2.45) is 4.40 Å². The van der Waals surface area contributed by atoms with Crippen LogP contribution in [0.4, 0.5) is 5.69 Å². The number of likely N-dealkylation sites (tertiary alicyclic amines) is 1. The van der Waals surface area contributed by atoms with Gasteiger partial charge in [0.15, 0.2) is 0 Å². The smallest absolute Gasteiger partial charge is 0.284 e. The molecule has 0 aliphatic carbocycles. The highest BCUT2D eigenvalue weighted by molar-refractivity contribution is 7.90.